The summed E-state index contributed by atoms with van der Waals surface area (Å²) in [7, 11) is 1.49. The van der Waals surface area contributed by atoms with Gasteiger partial charge in [-0.15, -0.1) is 0 Å². The van der Waals surface area contributed by atoms with Gasteiger partial charge in [0, 0.05) is 6.61 Å². The molecular weight excluding hydrogens is 336 g/mol. The van der Waals surface area contributed by atoms with Crippen molar-refractivity contribution in [1.82, 2.24) is 19.5 Å². The molecule has 3 aromatic rings. The number of benzene rings is 1. The van der Waals surface area contributed by atoms with Crippen LogP contribution in [0, 0.1) is 0 Å². The highest BCUT2D eigenvalue weighted by molar-refractivity contribution is 5.87. The molecule has 9 heteroatoms. The van der Waals surface area contributed by atoms with Gasteiger partial charge in [0.05, 0.1) is 19.1 Å². The monoisotopic (exact) mass is 356 g/mol. The number of nitrogens with zero attached hydrogens (tertiary/aromatic N) is 4. The zero-order chi connectivity index (χ0) is 18.1. The minimum atomic E-state index is -0.110. The fraction of sp³-hybridized carbons (Fsp3) is 0.353. The first-order chi connectivity index (χ1) is 12.7. The number of nitrogen functional groups attached to an aromatic ring is 1. The third kappa shape index (κ3) is 2.86. The molecule has 0 radical (unpaired) electrons. The number of rotatable bonds is 4. The van der Waals surface area contributed by atoms with E-state index in [1.165, 1.54) is 7.11 Å². The highest BCUT2D eigenvalue weighted by Crippen LogP contribution is 2.36. The summed E-state index contributed by atoms with van der Waals surface area (Å²) in [6, 6.07) is 5.14. The van der Waals surface area contributed by atoms with E-state index in [2.05, 4.69) is 20.3 Å². The predicted molar refractivity (Wildman–Crippen MR) is 96.5 cm³/mol. The van der Waals surface area contributed by atoms with E-state index in [0.717, 1.165) is 19.3 Å². The number of hydrogen-bond donors (Lipinski definition) is 3. The smallest absolute Gasteiger partial charge is 0.224 e. The van der Waals surface area contributed by atoms with Crippen molar-refractivity contribution in [2.24, 2.45) is 0 Å². The molecule has 1 atom stereocenters. The topological polar surface area (TPSA) is 120 Å². The molecule has 1 fully saturated rings. The van der Waals surface area contributed by atoms with Gasteiger partial charge >= 0.3 is 0 Å². The number of anilines is 3. The first-order valence-electron chi connectivity index (χ1n) is 8.42. The van der Waals surface area contributed by atoms with E-state index in [1.807, 2.05) is 4.57 Å². The summed E-state index contributed by atoms with van der Waals surface area (Å²) in [5.74, 6) is 0.857. The number of imidazole rings is 1. The Morgan fingerprint density at radius 2 is 2.23 bits per heavy atom. The lowest BCUT2D eigenvalue weighted by Gasteiger charge is -2.23. The van der Waals surface area contributed by atoms with E-state index >= 15 is 0 Å². The van der Waals surface area contributed by atoms with Crippen LogP contribution in [0.25, 0.3) is 11.2 Å². The van der Waals surface area contributed by atoms with Gasteiger partial charge < -0.3 is 25.6 Å². The minimum absolute atomic E-state index is 0.0182. The number of ether oxygens (including phenoxy) is 2. The Bertz CT molecular complexity index is 936. The highest BCUT2D eigenvalue weighted by atomic mass is 16.5. The number of para-hydroxylation sites is 1. The van der Waals surface area contributed by atoms with E-state index < -0.39 is 0 Å². The number of fused-ring (bicyclic) bond motifs is 1. The number of hydrogen-bond acceptors (Lipinski definition) is 8. The number of nitrogens with one attached hydrogen (secondary N) is 1. The Hall–Kier alpha value is -3.07. The van der Waals surface area contributed by atoms with Gasteiger partial charge in [-0.2, -0.15) is 9.97 Å². The maximum atomic E-state index is 10.3. The second kappa shape index (κ2) is 6.68. The zero-order valence-corrected chi connectivity index (χ0v) is 14.3. The van der Waals surface area contributed by atoms with Gasteiger partial charge in [0.1, 0.15) is 6.23 Å². The van der Waals surface area contributed by atoms with Crippen LogP contribution in [0.5, 0.6) is 11.5 Å². The van der Waals surface area contributed by atoms with Crippen molar-refractivity contribution in [2.45, 2.75) is 25.5 Å². The normalized spacial score (nSPS) is 17.3. The SMILES string of the molecule is COc1cccc(Nc2nc(N)nc3c2ncn3C2CCCCO2)c1O. The summed E-state index contributed by atoms with van der Waals surface area (Å²) in [4.78, 5) is 13.0. The third-order valence-corrected chi connectivity index (χ3v) is 4.38. The Morgan fingerprint density at radius 3 is 3.00 bits per heavy atom. The van der Waals surface area contributed by atoms with Crippen molar-refractivity contribution in [2.75, 3.05) is 24.8 Å². The Morgan fingerprint density at radius 1 is 1.35 bits per heavy atom. The summed E-state index contributed by atoms with van der Waals surface area (Å²) in [6.45, 7) is 0.716. The van der Waals surface area contributed by atoms with E-state index in [9.17, 15) is 5.11 Å². The van der Waals surface area contributed by atoms with Crippen molar-refractivity contribution in [1.29, 1.82) is 0 Å². The van der Waals surface area contributed by atoms with Crippen molar-refractivity contribution in [3.8, 4) is 11.5 Å². The van der Waals surface area contributed by atoms with Crippen molar-refractivity contribution in [3.63, 3.8) is 0 Å². The lowest BCUT2D eigenvalue weighted by Crippen LogP contribution is -2.18. The summed E-state index contributed by atoms with van der Waals surface area (Å²) in [5.41, 5.74) is 7.48. The molecule has 0 saturated carbocycles. The molecular formula is C17H20N6O3. The molecule has 2 aromatic heterocycles. The van der Waals surface area contributed by atoms with E-state index in [-0.39, 0.29) is 17.9 Å². The summed E-state index contributed by atoms with van der Waals surface area (Å²) >= 11 is 0. The number of phenols is 1. The Balaban J connectivity index is 1.75. The second-order valence-electron chi connectivity index (χ2n) is 6.06. The van der Waals surface area contributed by atoms with Gasteiger partial charge in [-0.1, -0.05) is 6.07 Å². The van der Waals surface area contributed by atoms with Crippen molar-refractivity contribution < 1.29 is 14.6 Å². The molecule has 1 saturated heterocycles. The molecule has 0 amide bonds. The van der Waals surface area contributed by atoms with Crippen LogP contribution < -0.4 is 15.8 Å². The molecule has 26 heavy (non-hydrogen) atoms. The lowest BCUT2D eigenvalue weighted by atomic mass is 10.2. The van der Waals surface area contributed by atoms with Crippen LogP contribution in [0.1, 0.15) is 25.5 Å². The number of methoxy groups -OCH3 is 1. The molecule has 1 aliphatic rings. The van der Waals surface area contributed by atoms with Crippen LogP contribution in [0.3, 0.4) is 0 Å². The lowest BCUT2D eigenvalue weighted by molar-refractivity contribution is -0.0298. The first kappa shape index (κ1) is 16.4. The third-order valence-electron chi connectivity index (χ3n) is 4.38. The van der Waals surface area contributed by atoms with Gasteiger partial charge in [0.2, 0.25) is 5.95 Å². The van der Waals surface area contributed by atoms with Gasteiger partial charge in [-0.25, -0.2) is 4.98 Å². The van der Waals surface area contributed by atoms with E-state index in [1.54, 1.807) is 24.5 Å². The average molecular weight is 356 g/mol. The summed E-state index contributed by atoms with van der Waals surface area (Å²) in [5, 5.41) is 13.4. The maximum absolute atomic E-state index is 10.3. The highest BCUT2D eigenvalue weighted by Gasteiger charge is 2.21. The molecule has 9 nitrogen and oxygen atoms in total. The molecule has 1 unspecified atom stereocenters. The van der Waals surface area contributed by atoms with Gasteiger partial charge in [0.15, 0.2) is 28.5 Å². The largest absolute Gasteiger partial charge is 0.503 e. The molecule has 4 N–H and O–H groups in total. The molecule has 3 heterocycles. The minimum Gasteiger partial charge on any atom is -0.503 e. The Labute approximate surface area is 149 Å². The quantitative estimate of drug-likeness (QED) is 0.610. The molecule has 0 bridgehead atoms. The van der Waals surface area contributed by atoms with Crippen LogP contribution in [-0.2, 0) is 4.74 Å². The molecule has 0 spiro atoms. The summed E-state index contributed by atoms with van der Waals surface area (Å²) in [6.07, 6.45) is 4.62. The number of phenolic OH excluding ortho intramolecular Hbond substituents is 1. The molecule has 0 aliphatic carbocycles. The molecule has 136 valence electrons. The molecule has 4 rings (SSSR count). The predicted octanol–water partition coefficient (Wildman–Crippen LogP) is 2.57. The number of nitrogens with two attached hydrogens (primary N) is 1. The number of aromatic nitrogens is 4. The molecule has 1 aromatic carbocycles. The van der Waals surface area contributed by atoms with Crippen molar-refractivity contribution >= 4 is 28.6 Å². The van der Waals surface area contributed by atoms with Crippen LogP contribution in [0.2, 0.25) is 0 Å². The first-order valence-corrected chi connectivity index (χ1v) is 8.42. The summed E-state index contributed by atoms with van der Waals surface area (Å²) < 4.78 is 12.8. The standard InChI is InChI=1S/C17H20N6O3/c1-25-11-6-4-5-10(14(11)24)20-15-13-16(22-17(18)21-15)23(9-19-13)12-7-2-3-8-26-12/h4-6,9,12,24H,2-3,7-8H2,1H3,(H3,18,20,21,22). The van der Waals surface area contributed by atoms with Gasteiger partial charge in [-0.3, -0.25) is 4.57 Å². The van der Waals surface area contributed by atoms with Crippen LogP contribution in [0.15, 0.2) is 24.5 Å². The van der Waals surface area contributed by atoms with Crippen LogP contribution >= 0.6 is 0 Å². The number of aromatic hydroxyl groups is 1. The zero-order valence-electron chi connectivity index (χ0n) is 14.3. The fourth-order valence-corrected chi connectivity index (χ4v) is 3.09. The van der Waals surface area contributed by atoms with Gasteiger partial charge in [-0.05, 0) is 31.4 Å². The second-order valence-corrected chi connectivity index (χ2v) is 6.06. The van der Waals surface area contributed by atoms with E-state index in [0.29, 0.717) is 35.0 Å². The van der Waals surface area contributed by atoms with Crippen molar-refractivity contribution in [3.05, 3.63) is 24.5 Å². The van der Waals surface area contributed by atoms with Crippen LogP contribution in [0.4, 0.5) is 17.5 Å². The Kier molecular flexibility index (Phi) is 4.21. The maximum Gasteiger partial charge on any atom is 0.224 e. The average Bonchev–Trinajstić information content (AvgIpc) is 3.08. The van der Waals surface area contributed by atoms with Crippen LogP contribution in [-0.4, -0.2) is 38.3 Å². The fourth-order valence-electron chi connectivity index (χ4n) is 3.09. The molecule has 1 aliphatic heterocycles. The van der Waals surface area contributed by atoms with Gasteiger partial charge in [0.25, 0.3) is 0 Å². The van der Waals surface area contributed by atoms with E-state index in [4.69, 9.17) is 15.2 Å².